The van der Waals surface area contributed by atoms with E-state index in [0.29, 0.717) is 27.0 Å². The predicted octanol–water partition coefficient (Wildman–Crippen LogP) is 5.11. The van der Waals surface area contributed by atoms with Crippen LogP contribution in [-0.2, 0) is 4.79 Å². The Morgan fingerprint density at radius 3 is 2.35 bits per heavy atom. The highest BCUT2D eigenvalue weighted by molar-refractivity contribution is 6.42. The number of rotatable bonds is 2. The summed E-state index contributed by atoms with van der Waals surface area (Å²) in [5.41, 5.74) is 3.97. The number of aryl methyl sites for hydroxylation is 1. The lowest BCUT2D eigenvalue weighted by atomic mass is 10.1. The SMILES string of the molecule is CC1=NN(c2ccc(Cl)c(Cl)c2)C(=O)/C1=C\c1ccc(C)cc1. The first-order chi connectivity index (χ1) is 11.0. The largest absolute Gasteiger partial charge is 0.280 e. The molecule has 0 saturated heterocycles. The van der Waals surface area contributed by atoms with Gasteiger partial charge in [-0.15, -0.1) is 0 Å². The summed E-state index contributed by atoms with van der Waals surface area (Å²) >= 11 is 11.9. The van der Waals surface area contributed by atoms with Crippen molar-refractivity contribution in [2.24, 2.45) is 5.10 Å². The van der Waals surface area contributed by atoms with Gasteiger partial charge in [0.2, 0.25) is 0 Å². The van der Waals surface area contributed by atoms with E-state index >= 15 is 0 Å². The topological polar surface area (TPSA) is 32.7 Å². The Hall–Kier alpha value is -2.10. The van der Waals surface area contributed by atoms with E-state index in [-0.39, 0.29) is 5.91 Å². The van der Waals surface area contributed by atoms with Gasteiger partial charge < -0.3 is 0 Å². The summed E-state index contributed by atoms with van der Waals surface area (Å²) in [4.78, 5) is 12.7. The number of hydrogen-bond acceptors (Lipinski definition) is 2. The van der Waals surface area contributed by atoms with Crippen LogP contribution in [0.15, 0.2) is 53.1 Å². The number of carbonyl (C=O) groups is 1. The average molecular weight is 345 g/mol. The van der Waals surface area contributed by atoms with E-state index in [2.05, 4.69) is 5.10 Å². The third-order valence-corrected chi connectivity index (χ3v) is 4.34. The van der Waals surface area contributed by atoms with Crippen LogP contribution in [0.3, 0.4) is 0 Å². The molecule has 116 valence electrons. The van der Waals surface area contributed by atoms with Gasteiger partial charge in [-0.1, -0.05) is 53.0 Å². The molecule has 1 aliphatic rings. The fraction of sp³-hybridized carbons (Fsp3) is 0.111. The highest BCUT2D eigenvalue weighted by atomic mass is 35.5. The molecule has 0 atom stereocenters. The molecule has 5 heteroatoms. The molecule has 1 heterocycles. The minimum atomic E-state index is -0.179. The van der Waals surface area contributed by atoms with Crippen molar-refractivity contribution < 1.29 is 4.79 Å². The van der Waals surface area contributed by atoms with Gasteiger partial charge in [-0.2, -0.15) is 10.1 Å². The van der Waals surface area contributed by atoms with Gasteiger partial charge in [0.15, 0.2) is 0 Å². The lowest BCUT2D eigenvalue weighted by Gasteiger charge is -2.12. The zero-order chi connectivity index (χ0) is 16.6. The lowest BCUT2D eigenvalue weighted by molar-refractivity contribution is -0.114. The van der Waals surface area contributed by atoms with Crippen LogP contribution >= 0.6 is 23.2 Å². The molecule has 0 aliphatic carbocycles. The smallest absolute Gasteiger partial charge is 0.267 e. The second-order valence-electron chi connectivity index (χ2n) is 5.37. The van der Waals surface area contributed by atoms with Crippen LogP contribution < -0.4 is 5.01 Å². The average Bonchev–Trinajstić information content (AvgIpc) is 2.80. The summed E-state index contributed by atoms with van der Waals surface area (Å²) in [6, 6.07) is 13.0. The van der Waals surface area contributed by atoms with Crippen molar-refractivity contribution in [1.29, 1.82) is 0 Å². The predicted molar refractivity (Wildman–Crippen MR) is 96.2 cm³/mol. The highest BCUT2D eigenvalue weighted by Crippen LogP contribution is 2.30. The first-order valence-corrected chi connectivity index (χ1v) is 7.85. The quantitative estimate of drug-likeness (QED) is 0.697. The fourth-order valence-corrected chi connectivity index (χ4v) is 2.60. The van der Waals surface area contributed by atoms with Crippen LogP contribution in [0.5, 0.6) is 0 Å². The number of amides is 1. The molecule has 1 aliphatic heterocycles. The number of hydrazone groups is 1. The van der Waals surface area contributed by atoms with Crippen molar-refractivity contribution in [3.8, 4) is 0 Å². The maximum Gasteiger partial charge on any atom is 0.280 e. The molecule has 23 heavy (non-hydrogen) atoms. The van der Waals surface area contributed by atoms with E-state index in [4.69, 9.17) is 23.2 Å². The Labute approximate surface area is 144 Å². The highest BCUT2D eigenvalue weighted by Gasteiger charge is 2.28. The summed E-state index contributed by atoms with van der Waals surface area (Å²) < 4.78 is 0. The number of hydrogen-bond donors (Lipinski definition) is 0. The third-order valence-electron chi connectivity index (χ3n) is 3.60. The van der Waals surface area contributed by atoms with Crippen LogP contribution in [0, 0.1) is 6.92 Å². The summed E-state index contributed by atoms with van der Waals surface area (Å²) in [5, 5.41) is 6.51. The van der Waals surface area contributed by atoms with E-state index in [9.17, 15) is 4.79 Å². The van der Waals surface area contributed by atoms with Gasteiger partial charge in [0.05, 0.1) is 27.0 Å². The van der Waals surface area contributed by atoms with Crippen molar-refractivity contribution in [3.05, 3.63) is 69.2 Å². The molecule has 0 unspecified atom stereocenters. The summed E-state index contributed by atoms with van der Waals surface area (Å²) in [6.45, 7) is 3.84. The zero-order valence-corrected chi connectivity index (χ0v) is 14.2. The van der Waals surface area contributed by atoms with Gasteiger partial charge in [-0.25, -0.2) is 0 Å². The van der Waals surface area contributed by atoms with Crippen LogP contribution in [-0.4, -0.2) is 11.6 Å². The Morgan fingerprint density at radius 1 is 1.00 bits per heavy atom. The zero-order valence-electron chi connectivity index (χ0n) is 12.7. The summed E-state index contributed by atoms with van der Waals surface area (Å²) in [6.07, 6.45) is 1.85. The van der Waals surface area contributed by atoms with Gasteiger partial charge in [0.1, 0.15) is 0 Å². The third kappa shape index (κ3) is 3.16. The molecule has 0 spiro atoms. The van der Waals surface area contributed by atoms with Crippen LogP contribution in [0.4, 0.5) is 5.69 Å². The molecule has 0 aromatic heterocycles. The number of halogens is 2. The van der Waals surface area contributed by atoms with E-state index in [1.54, 1.807) is 18.2 Å². The van der Waals surface area contributed by atoms with Crippen molar-refractivity contribution in [1.82, 2.24) is 0 Å². The summed E-state index contributed by atoms with van der Waals surface area (Å²) in [7, 11) is 0. The first-order valence-electron chi connectivity index (χ1n) is 7.09. The monoisotopic (exact) mass is 344 g/mol. The Kier molecular flexibility index (Phi) is 4.24. The molecule has 0 radical (unpaired) electrons. The molecule has 0 bridgehead atoms. The fourth-order valence-electron chi connectivity index (χ4n) is 2.31. The van der Waals surface area contributed by atoms with Crippen molar-refractivity contribution in [2.45, 2.75) is 13.8 Å². The minimum absolute atomic E-state index is 0.179. The van der Waals surface area contributed by atoms with Gasteiger partial charge >= 0.3 is 0 Å². The van der Waals surface area contributed by atoms with Gasteiger partial charge in [-0.05, 0) is 43.7 Å². The Balaban J connectivity index is 1.94. The number of nitrogens with zero attached hydrogens (tertiary/aromatic N) is 2. The maximum atomic E-state index is 12.7. The molecule has 0 fully saturated rings. The lowest BCUT2D eigenvalue weighted by Crippen LogP contribution is -2.21. The Morgan fingerprint density at radius 2 is 1.70 bits per heavy atom. The van der Waals surface area contributed by atoms with Gasteiger partial charge in [0.25, 0.3) is 5.91 Å². The number of carbonyl (C=O) groups excluding carboxylic acids is 1. The number of benzene rings is 2. The Bertz CT molecular complexity index is 839. The first kappa shape index (κ1) is 15.8. The minimum Gasteiger partial charge on any atom is -0.267 e. The number of anilines is 1. The molecule has 3 nitrogen and oxygen atoms in total. The molecular weight excluding hydrogens is 331 g/mol. The van der Waals surface area contributed by atoms with Crippen LogP contribution in [0.1, 0.15) is 18.1 Å². The summed E-state index contributed by atoms with van der Waals surface area (Å²) in [5.74, 6) is -0.179. The van der Waals surface area contributed by atoms with E-state index in [0.717, 1.165) is 5.56 Å². The second kappa shape index (κ2) is 6.19. The van der Waals surface area contributed by atoms with Crippen molar-refractivity contribution in [3.63, 3.8) is 0 Å². The molecule has 1 amide bonds. The maximum absolute atomic E-state index is 12.7. The molecular formula is C18H14Cl2N2O. The standard InChI is InChI=1S/C18H14Cl2N2O/c1-11-3-5-13(6-4-11)9-15-12(2)21-22(18(15)23)14-7-8-16(19)17(20)10-14/h3-10H,1-2H3/b15-9-. The molecule has 0 N–H and O–H groups in total. The van der Waals surface area contributed by atoms with Crippen LogP contribution in [0.2, 0.25) is 10.0 Å². The van der Waals surface area contributed by atoms with Crippen molar-refractivity contribution in [2.75, 3.05) is 5.01 Å². The van der Waals surface area contributed by atoms with Gasteiger partial charge in [0, 0.05) is 0 Å². The van der Waals surface area contributed by atoms with Crippen molar-refractivity contribution >= 4 is 46.6 Å². The molecule has 2 aromatic carbocycles. The van der Waals surface area contributed by atoms with Gasteiger partial charge in [-0.3, -0.25) is 4.79 Å². The van der Waals surface area contributed by atoms with E-state index in [1.807, 2.05) is 44.2 Å². The molecule has 3 rings (SSSR count). The van der Waals surface area contributed by atoms with Crippen LogP contribution in [0.25, 0.3) is 6.08 Å². The normalized spacial score (nSPS) is 16.2. The second-order valence-corrected chi connectivity index (χ2v) is 6.18. The molecule has 0 saturated carbocycles. The molecule has 2 aromatic rings. The van der Waals surface area contributed by atoms with E-state index in [1.165, 1.54) is 10.6 Å². The van der Waals surface area contributed by atoms with E-state index < -0.39 is 0 Å².